The third-order valence-corrected chi connectivity index (χ3v) is 4.72. The molecule has 0 radical (unpaired) electrons. The Labute approximate surface area is 132 Å². The zero-order chi connectivity index (χ0) is 15.0. The summed E-state index contributed by atoms with van der Waals surface area (Å²) < 4.78 is 0.923. The summed E-state index contributed by atoms with van der Waals surface area (Å²) in [5, 5.41) is 4.75. The molecule has 0 spiro atoms. The second-order valence-corrected chi connectivity index (χ2v) is 7.01. The molecule has 0 aliphatic rings. The van der Waals surface area contributed by atoms with E-state index in [9.17, 15) is 9.59 Å². The van der Waals surface area contributed by atoms with Crippen LogP contribution in [-0.2, 0) is 0 Å². The summed E-state index contributed by atoms with van der Waals surface area (Å²) in [5.41, 5.74) is 2.82. The molecule has 0 aliphatic heterocycles. The molecule has 3 aromatic rings. The number of hydrogen-bond acceptors (Lipinski definition) is 3. The van der Waals surface area contributed by atoms with E-state index >= 15 is 0 Å². The molecule has 3 N–H and O–H groups in total. The van der Waals surface area contributed by atoms with Crippen molar-refractivity contribution in [3.63, 3.8) is 0 Å². The smallest absolute Gasteiger partial charge is 0.323 e. The Balaban J connectivity index is 1.81. The number of carbonyl (C=O) groups excluding carboxylic acids is 1. The van der Waals surface area contributed by atoms with E-state index in [0.717, 1.165) is 20.4 Å². The van der Waals surface area contributed by atoms with Crippen LogP contribution in [0.25, 0.3) is 11.0 Å². The summed E-state index contributed by atoms with van der Waals surface area (Å²) in [4.78, 5) is 28.8. The Hall–Kier alpha value is -1.86. The zero-order valence-corrected chi connectivity index (χ0v) is 13.5. The number of fused-ring (bicyclic) bond motifs is 1. The molecular weight excluding hydrogens is 354 g/mol. The number of aromatic nitrogens is 2. The minimum absolute atomic E-state index is 0.118. The van der Waals surface area contributed by atoms with Crippen molar-refractivity contribution in [1.29, 1.82) is 0 Å². The second kappa shape index (κ2) is 5.50. The maximum absolute atomic E-state index is 12.1. The first-order valence-corrected chi connectivity index (χ1v) is 7.97. The van der Waals surface area contributed by atoms with Crippen molar-refractivity contribution in [3.8, 4) is 0 Å². The standard InChI is InChI=1S/C14H12BrN3O2S/c1-7(16-13(19)9-5-12(15)21-6-9)8-2-3-10-11(4-8)18-14(20)17-10/h2-7H,1H3,(H,16,19)(H2,17,18,20). The molecule has 0 saturated carbocycles. The lowest BCUT2D eigenvalue weighted by atomic mass is 10.1. The fourth-order valence-electron chi connectivity index (χ4n) is 2.11. The topological polar surface area (TPSA) is 77.8 Å². The molecule has 7 heteroatoms. The molecule has 2 aromatic heterocycles. The highest BCUT2D eigenvalue weighted by molar-refractivity contribution is 9.11. The largest absolute Gasteiger partial charge is 0.345 e. The van der Waals surface area contributed by atoms with Gasteiger partial charge < -0.3 is 15.3 Å². The predicted molar refractivity (Wildman–Crippen MR) is 86.8 cm³/mol. The van der Waals surface area contributed by atoms with E-state index in [2.05, 4.69) is 31.2 Å². The van der Waals surface area contributed by atoms with Gasteiger partial charge in [0.2, 0.25) is 0 Å². The number of H-pyrrole nitrogens is 2. The quantitative estimate of drug-likeness (QED) is 0.666. The van der Waals surface area contributed by atoms with Crippen LogP contribution in [0.3, 0.4) is 0 Å². The number of halogens is 1. The maximum atomic E-state index is 12.1. The number of benzene rings is 1. The molecule has 1 aromatic carbocycles. The van der Waals surface area contributed by atoms with Gasteiger partial charge in [-0.05, 0) is 46.6 Å². The normalized spacial score (nSPS) is 12.5. The third kappa shape index (κ3) is 2.93. The van der Waals surface area contributed by atoms with Crippen molar-refractivity contribution in [2.75, 3.05) is 0 Å². The number of nitrogens with one attached hydrogen (secondary N) is 3. The average molecular weight is 366 g/mol. The molecule has 0 bridgehead atoms. The molecule has 21 heavy (non-hydrogen) atoms. The minimum atomic E-state index is -0.234. The van der Waals surface area contributed by atoms with Crippen LogP contribution in [0.15, 0.2) is 38.2 Å². The molecule has 5 nitrogen and oxygen atoms in total. The molecule has 1 unspecified atom stereocenters. The second-order valence-electron chi connectivity index (χ2n) is 4.72. The van der Waals surface area contributed by atoms with Gasteiger partial charge in [0, 0.05) is 5.38 Å². The summed E-state index contributed by atoms with van der Waals surface area (Å²) in [6.07, 6.45) is 0. The van der Waals surface area contributed by atoms with E-state index in [1.54, 1.807) is 11.4 Å². The molecule has 1 atom stereocenters. The first kappa shape index (κ1) is 14.1. The van der Waals surface area contributed by atoms with Crippen LogP contribution in [0.4, 0.5) is 0 Å². The van der Waals surface area contributed by atoms with E-state index in [1.807, 2.05) is 25.1 Å². The molecule has 0 aliphatic carbocycles. The summed E-state index contributed by atoms with van der Waals surface area (Å²) in [5.74, 6) is -0.118. The number of rotatable bonds is 3. The molecule has 1 amide bonds. The van der Waals surface area contributed by atoms with Gasteiger partial charge in [0.05, 0.1) is 26.4 Å². The third-order valence-electron chi connectivity index (χ3n) is 3.22. The van der Waals surface area contributed by atoms with Crippen LogP contribution in [0.5, 0.6) is 0 Å². The van der Waals surface area contributed by atoms with Gasteiger partial charge in [-0.1, -0.05) is 6.07 Å². The van der Waals surface area contributed by atoms with Crippen molar-refractivity contribution in [2.45, 2.75) is 13.0 Å². The van der Waals surface area contributed by atoms with E-state index < -0.39 is 0 Å². The Morgan fingerprint density at radius 2 is 2.05 bits per heavy atom. The molecule has 0 saturated heterocycles. The van der Waals surface area contributed by atoms with Crippen LogP contribution in [-0.4, -0.2) is 15.9 Å². The lowest BCUT2D eigenvalue weighted by Crippen LogP contribution is -2.26. The number of thiophene rings is 1. The van der Waals surface area contributed by atoms with Crippen molar-refractivity contribution < 1.29 is 4.79 Å². The van der Waals surface area contributed by atoms with Crippen LogP contribution >= 0.6 is 27.3 Å². The van der Waals surface area contributed by atoms with Gasteiger partial charge in [-0.2, -0.15) is 0 Å². The highest BCUT2D eigenvalue weighted by Gasteiger charge is 2.13. The monoisotopic (exact) mass is 365 g/mol. The number of amides is 1. The number of aromatic amines is 2. The van der Waals surface area contributed by atoms with Crippen LogP contribution in [0.2, 0.25) is 0 Å². The predicted octanol–water partition coefficient (Wildman–Crippen LogP) is 3.17. The van der Waals surface area contributed by atoms with Gasteiger partial charge in [-0.3, -0.25) is 4.79 Å². The maximum Gasteiger partial charge on any atom is 0.323 e. The molecular formula is C14H12BrN3O2S. The summed E-state index contributed by atoms with van der Waals surface area (Å²) in [6.45, 7) is 1.91. The summed E-state index contributed by atoms with van der Waals surface area (Å²) in [6, 6.07) is 7.22. The van der Waals surface area contributed by atoms with Gasteiger partial charge in [0.1, 0.15) is 0 Å². The van der Waals surface area contributed by atoms with Crippen molar-refractivity contribution in [2.24, 2.45) is 0 Å². The Morgan fingerprint density at radius 3 is 2.76 bits per heavy atom. The van der Waals surface area contributed by atoms with Crippen molar-refractivity contribution >= 4 is 44.2 Å². The fourth-order valence-corrected chi connectivity index (χ4v) is 3.25. The van der Waals surface area contributed by atoms with Crippen LogP contribution in [0.1, 0.15) is 28.9 Å². The van der Waals surface area contributed by atoms with Gasteiger partial charge in [-0.15, -0.1) is 11.3 Å². The number of hydrogen-bond donors (Lipinski definition) is 3. The molecule has 108 valence electrons. The van der Waals surface area contributed by atoms with Crippen LogP contribution < -0.4 is 11.0 Å². The SMILES string of the molecule is CC(NC(=O)c1csc(Br)c1)c1ccc2[nH]c(=O)[nH]c2c1. The van der Waals surface area contributed by atoms with Gasteiger partial charge in [-0.25, -0.2) is 4.79 Å². The summed E-state index contributed by atoms with van der Waals surface area (Å²) in [7, 11) is 0. The van der Waals surface area contributed by atoms with Crippen LogP contribution in [0, 0.1) is 0 Å². The zero-order valence-electron chi connectivity index (χ0n) is 11.1. The van der Waals surface area contributed by atoms with E-state index in [4.69, 9.17) is 0 Å². The lowest BCUT2D eigenvalue weighted by molar-refractivity contribution is 0.0940. The van der Waals surface area contributed by atoms with Gasteiger partial charge in [0.25, 0.3) is 5.91 Å². The first-order chi connectivity index (χ1) is 10.0. The van der Waals surface area contributed by atoms with Crippen molar-refractivity contribution in [3.05, 3.63) is 55.0 Å². The molecule has 3 rings (SSSR count). The Morgan fingerprint density at radius 1 is 1.29 bits per heavy atom. The number of imidazole rings is 1. The summed E-state index contributed by atoms with van der Waals surface area (Å²) >= 11 is 4.81. The van der Waals surface area contributed by atoms with Gasteiger partial charge in [0.15, 0.2) is 0 Å². The van der Waals surface area contributed by atoms with E-state index in [-0.39, 0.29) is 17.6 Å². The van der Waals surface area contributed by atoms with Crippen molar-refractivity contribution in [1.82, 2.24) is 15.3 Å². The fraction of sp³-hybridized carbons (Fsp3) is 0.143. The number of carbonyl (C=O) groups is 1. The lowest BCUT2D eigenvalue weighted by Gasteiger charge is -2.13. The van der Waals surface area contributed by atoms with Gasteiger partial charge >= 0.3 is 5.69 Å². The van der Waals surface area contributed by atoms with E-state index in [0.29, 0.717) is 5.56 Å². The molecule has 2 heterocycles. The Bertz CT molecular complexity index is 864. The highest BCUT2D eigenvalue weighted by Crippen LogP contribution is 2.22. The van der Waals surface area contributed by atoms with E-state index in [1.165, 1.54) is 11.3 Å². The Kier molecular flexibility index (Phi) is 3.69. The average Bonchev–Trinajstić information content (AvgIpc) is 3.02. The highest BCUT2D eigenvalue weighted by atomic mass is 79.9. The first-order valence-electron chi connectivity index (χ1n) is 6.30. The molecule has 0 fully saturated rings. The minimum Gasteiger partial charge on any atom is -0.345 e.